The van der Waals surface area contributed by atoms with Gasteiger partial charge in [0.2, 0.25) is 0 Å². The number of benzene rings is 3. The molecule has 1 N–H and O–H groups in total. The van der Waals surface area contributed by atoms with Crippen LogP contribution in [0.4, 0.5) is 0 Å². The van der Waals surface area contributed by atoms with Crippen molar-refractivity contribution in [3.8, 4) is 5.75 Å². The lowest BCUT2D eigenvalue weighted by Gasteiger charge is -2.11. The summed E-state index contributed by atoms with van der Waals surface area (Å²) in [7, 11) is 0. The third-order valence-electron chi connectivity index (χ3n) is 5.61. The van der Waals surface area contributed by atoms with E-state index in [0.717, 1.165) is 63.5 Å². The van der Waals surface area contributed by atoms with Crippen molar-refractivity contribution in [2.24, 2.45) is 0 Å². The Bertz CT molecular complexity index is 1290. The summed E-state index contributed by atoms with van der Waals surface area (Å²) in [6.45, 7) is 3.98. The summed E-state index contributed by atoms with van der Waals surface area (Å²) >= 11 is 9.51. The molecule has 0 unspecified atom stereocenters. The van der Waals surface area contributed by atoms with Crippen molar-refractivity contribution in [2.45, 2.75) is 32.7 Å². The van der Waals surface area contributed by atoms with E-state index in [9.17, 15) is 4.79 Å². The molecule has 0 atom stereocenters. The van der Waals surface area contributed by atoms with Gasteiger partial charge in [-0.15, -0.1) is 0 Å². The van der Waals surface area contributed by atoms with E-state index >= 15 is 0 Å². The van der Waals surface area contributed by atoms with E-state index in [1.165, 1.54) is 0 Å². The maximum atomic E-state index is 12.4. The molecular formula is C27H27BrClN3O2. The van der Waals surface area contributed by atoms with Crippen molar-refractivity contribution in [1.29, 1.82) is 0 Å². The van der Waals surface area contributed by atoms with Crippen molar-refractivity contribution in [3.63, 3.8) is 0 Å². The first-order chi connectivity index (χ1) is 16.5. The van der Waals surface area contributed by atoms with Crippen LogP contribution in [-0.2, 0) is 13.0 Å². The van der Waals surface area contributed by atoms with Gasteiger partial charge < -0.3 is 14.6 Å². The van der Waals surface area contributed by atoms with Crippen molar-refractivity contribution in [2.75, 3.05) is 13.2 Å². The molecule has 0 saturated carbocycles. The molecule has 7 heteroatoms. The predicted octanol–water partition coefficient (Wildman–Crippen LogP) is 6.59. The van der Waals surface area contributed by atoms with Crippen LogP contribution in [0, 0.1) is 6.92 Å². The molecule has 1 aromatic heterocycles. The van der Waals surface area contributed by atoms with E-state index in [2.05, 4.69) is 31.9 Å². The highest BCUT2D eigenvalue weighted by Gasteiger charge is 2.11. The molecule has 34 heavy (non-hydrogen) atoms. The number of amides is 1. The minimum atomic E-state index is -0.0654. The van der Waals surface area contributed by atoms with E-state index < -0.39 is 0 Å². The molecule has 4 rings (SSSR count). The van der Waals surface area contributed by atoms with Crippen molar-refractivity contribution < 1.29 is 9.53 Å². The standard InChI is InChI=1S/C27H27BrClN3O2/c1-19-17-22(12-13-23(19)29)34-16-6-15-32-25-10-3-2-9-24(25)31-26(32)11-5-14-30-27(33)20-7-4-8-21(28)18-20/h2-4,7-10,12-13,17-18H,5-6,11,14-16H2,1H3,(H,30,33). The summed E-state index contributed by atoms with van der Waals surface area (Å²) in [4.78, 5) is 17.2. The van der Waals surface area contributed by atoms with Crippen molar-refractivity contribution >= 4 is 44.5 Å². The fraction of sp³-hybridized carbons (Fsp3) is 0.259. The summed E-state index contributed by atoms with van der Waals surface area (Å²) in [5, 5.41) is 3.75. The Labute approximate surface area is 213 Å². The molecule has 176 valence electrons. The molecular weight excluding hydrogens is 514 g/mol. The Balaban J connectivity index is 1.33. The number of nitrogens with one attached hydrogen (secondary N) is 1. The zero-order valence-corrected chi connectivity index (χ0v) is 21.4. The number of nitrogens with zero attached hydrogens (tertiary/aromatic N) is 2. The number of rotatable bonds is 10. The molecule has 1 amide bonds. The van der Waals surface area contributed by atoms with E-state index in [4.69, 9.17) is 21.3 Å². The Morgan fingerprint density at radius 2 is 1.94 bits per heavy atom. The molecule has 1 heterocycles. The number of halogens is 2. The van der Waals surface area contributed by atoms with Gasteiger partial charge in [0.1, 0.15) is 11.6 Å². The second-order valence-electron chi connectivity index (χ2n) is 8.15. The van der Waals surface area contributed by atoms with E-state index in [1.54, 1.807) is 0 Å². The van der Waals surface area contributed by atoms with E-state index in [1.807, 2.05) is 67.6 Å². The van der Waals surface area contributed by atoms with Crippen LogP contribution in [0.3, 0.4) is 0 Å². The lowest BCUT2D eigenvalue weighted by Crippen LogP contribution is -2.25. The molecule has 0 radical (unpaired) electrons. The van der Waals surface area contributed by atoms with Gasteiger partial charge in [0.25, 0.3) is 5.91 Å². The van der Waals surface area contributed by atoms with Gasteiger partial charge in [-0.2, -0.15) is 0 Å². The summed E-state index contributed by atoms with van der Waals surface area (Å²) in [5.74, 6) is 1.79. The van der Waals surface area contributed by atoms with Gasteiger partial charge in [0.05, 0.1) is 17.6 Å². The summed E-state index contributed by atoms with van der Waals surface area (Å²) in [6, 6.07) is 21.3. The lowest BCUT2D eigenvalue weighted by molar-refractivity contribution is 0.0953. The smallest absolute Gasteiger partial charge is 0.251 e. The first-order valence-corrected chi connectivity index (χ1v) is 12.6. The highest BCUT2D eigenvalue weighted by molar-refractivity contribution is 9.10. The van der Waals surface area contributed by atoms with E-state index in [0.29, 0.717) is 18.7 Å². The number of carbonyl (C=O) groups excluding carboxylic acids is 1. The highest BCUT2D eigenvalue weighted by atomic mass is 79.9. The largest absolute Gasteiger partial charge is 0.494 e. The molecule has 0 bridgehead atoms. The van der Waals surface area contributed by atoms with Crippen LogP contribution in [0.25, 0.3) is 11.0 Å². The number of hydrogen-bond acceptors (Lipinski definition) is 3. The third kappa shape index (κ3) is 6.19. The molecule has 0 fully saturated rings. The number of para-hydroxylation sites is 2. The van der Waals surface area contributed by atoms with Gasteiger partial charge in [-0.1, -0.05) is 45.7 Å². The van der Waals surface area contributed by atoms with Crippen LogP contribution >= 0.6 is 27.5 Å². The van der Waals surface area contributed by atoms with Gasteiger partial charge in [-0.3, -0.25) is 4.79 Å². The van der Waals surface area contributed by atoms with Crippen LogP contribution < -0.4 is 10.1 Å². The second-order valence-corrected chi connectivity index (χ2v) is 9.47. The second kappa shape index (κ2) is 11.5. The zero-order valence-electron chi connectivity index (χ0n) is 19.1. The lowest BCUT2D eigenvalue weighted by atomic mass is 10.2. The molecule has 0 aliphatic rings. The number of fused-ring (bicyclic) bond motifs is 1. The summed E-state index contributed by atoms with van der Waals surface area (Å²) < 4.78 is 9.08. The Morgan fingerprint density at radius 1 is 1.09 bits per heavy atom. The maximum Gasteiger partial charge on any atom is 0.251 e. The molecule has 4 aromatic rings. The SMILES string of the molecule is Cc1cc(OCCCn2c(CCCNC(=O)c3cccc(Br)c3)nc3ccccc32)ccc1Cl. The fourth-order valence-corrected chi connectivity index (χ4v) is 4.38. The average Bonchev–Trinajstić information content (AvgIpc) is 3.19. The first kappa shape index (κ1) is 24.3. The van der Waals surface area contributed by atoms with Crippen LogP contribution in [0.2, 0.25) is 5.02 Å². The van der Waals surface area contributed by atoms with Crippen LogP contribution in [0.5, 0.6) is 5.75 Å². The van der Waals surface area contributed by atoms with Crippen LogP contribution in [-0.4, -0.2) is 28.6 Å². The number of aromatic nitrogens is 2. The number of carbonyl (C=O) groups is 1. The molecule has 0 aliphatic carbocycles. The number of aryl methyl sites for hydroxylation is 3. The van der Waals surface area contributed by atoms with Gasteiger partial charge in [0.15, 0.2) is 0 Å². The Hall–Kier alpha value is -2.83. The van der Waals surface area contributed by atoms with E-state index in [-0.39, 0.29) is 5.91 Å². The van der Waals surface area contributed by atoms with Gasteiger partial charge in [0, 0.05) is 34.6 Å². The van der Waals surface area contributed by atoms with Gasteiger partial charge in [-0.25, -0.2) is 4.98 Å². The monoisotopic (exact) mass is 539 g/mol. The third-order valence-corrected chi connectivity index (χ3v) is 6.52. The molecule has 0 spiro atoms. The minimum Gasteiger partial charge on any atom is -0.494 e. The summed E-state index contributed by atoms with van der Waals surface area (Å²) in [6.07, 6.45) is 2.45. The Morgan fingerprint density at radius 3 is 2.76 bits per heavy atom. The number of imidazole rings is 1. The normalized spacial score (nSPS) is 11.0. The molecule has 3 aromatic carbocycles. The fourth-order valence-electron chi connectivity index (χ4n) is 3.87. The zero-order chi connectivity index (χ0) is 23.9. The molecule has 5 nitrogen and oxygen atoms in total. The molecule has 0 aliphatic heterocycles. The van der Waals surface area contributed by atoms with Crippen molar-refractivity contribution in [1.82, 2.24) is 14.9 Å². The molecule has 0 saturated heterocycles. The first-order valence-electron chi connectivity index (χ1n) is 11.4. The minimum absolute atomic E-state index is 0.0654. The quantitative estimate of drug-likeness (QED) is 0.231. The number of ether oxygens (including phenoxy) is 1. The van der Waals surface area contributed by atoms with Crippen LogP contribution in [0.15, 0.2) is 71.2 Å². The van der Waals surface area contributed by atoms with Gasteiger partial charge >= 0.3 is 0 Å². The number of hydrogen-bond donors (Lipinski definition) is 1. The summed E-state index contributed by atoms with van der Waals surface area (Å²) in [5.41, 5.74) is 3.77. The topological polar surface area (TPSA) is 56.1 Å². The predicted molar refractivity (Wildman–Crippen MR) is 141 cm³/mol. The van der Waals surface area contributed by atoms with Gasteiger partial charge in [-0.05, 0) is 73.9 Å². The highest BCUT2D eigenvalue weighted by Crippen LogP contribution is 2.22. The van der Waals surface area contributed by atoms with Crippen LogP contribution in [0.1, 0.15) is 34.6 Å². The average molecular weight is 541 g/mol. The van der Waals surface area contributed by atoms with Crippen molar-refractivity contribution in [3.05, 3.63) is 93.2 Å². The Kier molecular flexibility index (Phi) is 8.25. The maximum absolute atomic E-state index is 12.4.